The Morgan fingerprint density at radius 1 is 1.25 bits per heavy atom. The second kappa shape index (κ2) is 8.54. The Kier molecular flexibility index (Phi) is 5.95. The van der Waals surface area contributed by atoms with Crippen molar-refractivity contribution in [3.63, 3.8) is 0 Å². The molecule has 2 atom stereocenters. The number of fused-ring (bicyclic) bond motifs is 1. The lowest BCUT2D eigenvalue weighted by molar-refractivity contribution is -0.127. The lowest BCUT2D eigenvalue weighted by Crippen LogP contribution is -2.30. The first-order valence-electron chi connectivity index (χ1n) is 11.5. The minimum Gasteiger partial charge on any atom is -0.385 e. The molecule has 0 radical (unpaired) electrons. The molecular weight excluding hydrogens is 402 g/mol. The van der Waals surface area contributed by atoms with E-state index in [1.54, 1.807) is 6.20 Å². The van der Waals surface area contributed by atoms with E-state index in [0.29, 0.717) is 18.8 Å². The SMILES string of the molecule is CC[C@H](CN1CCCC1=O)c1nc(-c2ccc(C(C)(O)C(C)C)cc2)c2c(N)nccn12. The predicted molar refractivity (Wildman–Crippen MR) is 126 cm³/mol. The van der Waals surface area contributed by atoms with E-state index in [1.807, 2.05) is 60.5 Å². The van der Waals surface area contributed by atoms with Crippen molar-refractivity contribution in [1.82, 2.24) is 19.3 Å². The van der Waals surface area contributed by atoms with Gasteiger partial charge < -0.3 is 15.7 Å². The summed E-state index contributed by atoms with van der Waals surface area (Å²) in [5.41, 5.74) is 8.72. The monoisotopic (exact) mass is 435 g/mol. The molecule has 7 nitrogen and oxygen atoms in total. The molecule has 0 spiro atoms. The number of nitrogen functional groups attached to an aromatic ring is 1. The third-order valence-corrected chi connectivity index (χ3v) is 6.95. The van der Waals surface area contributed by atoms with E-state index in [0.717, 1.165) is 47.5 Å². The maximum Gasteiger partial charge on any atom is 0.222 e. The molecular formula is C25H33N5O2. The average molecular weight is 436 g/mol. The summed E-state index contributed by atoms with van der Waals surface area (Å²) in [6, 6.07) is 7.87. The minimum atomic E-state index is -0.907. The van der Waals surface area contributed by atoms with E-state index in [1.165, 1.54) is 0 Å². The zero-order valence-electron chi connectivity index (χ0n) is 19.4. The first-order chi connectivity index (χ1) is 15.2. The van der Waals surface area contributed by atoms with Crippen molar-refractivity contribution in [2.75, 3.05) is 18.8 Å². The number of imidazole rings is 1. The largest absolute Gasteiger partial charge is 0.385 e. The van der Waals surface area contributed by atoms with Crippen LogP contribution in [0.1, 0.15) is 64.3 Å². The number of aliphatic hydroxyl groups is 1. The van der Waals surface area contributed by atoms with Crippen LogP contribution in [0.15, 0.2) is 36.7 Å². The molecule has 1 fully saturated rings. The van der Waals surface area contributed by atoms with Crippen molar-refractivity contribution < 1.29 is 9.90 Å². The highest BCUT2D eigenvalue weighted by atomic mass is 16.3. The Morgan fingerprint density at radius 3 is 2.56 bits per heavy atom. The highest BCUT2D eigenvalue weighted by Crippen LogP contribution is 2.34. The van der Waals surface area contributed by atoms with Crippen LogP contribution >= 0.6 is 0 Å². The smallest absolute Gasteiger partial charge is 0.222 e. The van der Waals surface area contributed by atoms with Gasteiger partial charge in [0.05, 0.1) is 5.60 Å². The van der Waals surface area contributed by atoms with Crippen LogP contribution < -0.4 is 5.73 Å². The summed E-state index contributed by atoms with van der Waals surface area (Å²) in [7, 11) is 0. The van der Waals surface area contributed by atoms with Crippen LogP contribution in [0.3, 0.4) is 0 Å². The van der Waals surface area contributed by atoms with Crippen molar-refractivity contribution in [3.8, 4) is 11.3 Å². The molecule has 32 heavy (non-hydrogen) atoms. The van der Waals surface area contributed by atoms with Crippen molar-refractivity contribution in [2.24, 2.45) is 5.92 Å². The number of carbonyl (C=O) groups excluding carboxylic acids is 1. The Hall–Kier alpha value is -2.93. The van der Waals surface area contributed by atoms with Gasteiger partial charge in [-0.1, -0.05) is 45.0 Å². The zero-order chi connectivity index (χ0) is 23.0. The second-order valence-electron chi connectivity index (χ2n) is 9.28. The van der Waals surface area contributed by atoms with Gasteiger partial charge in [0.2, 0.25) is 5.91 Å². The standard InChI is InChI=1S/C25H33N5O2/c1-5-17(15-29-13-6-7-20(29)31)24-28-21(22-23(26)27-12-14-30(22)24)18-8-10-19(11-9-18)25(4,32)16(2)3/h8-12,14,16-17,32H,5-7,13,15H2,1-4H3,(H2,26,27)/t17-,25?/m1/s1. The number of nitrogens with two attached hydrogens (primary N) is 1. The number of hydrogen-bond acceptors (Lipinski definition) is 5. The molecule has 0 saturated carbocycles. The number of anilines is 1. The summed E-state index contributed by atoms with van der Waals surface area (Å²) in [4.78, 5) is 23.5. The summed E-state index contributed by atoms with van der Waals surface area (Å²) in [5, 5.41) is 10.8. The highest BCUT2D eigenvalue weighted by Gasteiger charge is 2.29. The molecule has 170 valence electrons. The molecule has 1 aliphatic rings. The second-order valence-corrected chi connectivity index (χ2v) is 9.28. The maximum atomic E-state index is 12.2. The van der Waals surface area contributed by atoms with Gasteiger partial charge in [-0.2, -0.15) is 0 Å². The first-order valence-corrected chi connectivity index (χ1v) is 11.5. The van der Waals surface area contributed by atoms with Gasteiger partial charge in [-0.3, -0.25) is 9.20 Å². The van der Waals surface area contributed by atoms with Crippen molar-refractivity contribution in [3.05, 3.63) is 48.0 Å². The fraction of sp³-hybridized carbons (Fsp3) is 0.480. The van der Waals surface area contributed by atoms with E-state index >= 15 is 0 Å². The third-order valence-electron chi connectivity index (χ3n) is 6.95. The molecule has 1 saturated heterocycles. The van der Waals surface area contributed by atoms with Gasteiger partial charge in [0.25, 0.3) is 0 Å². The number of hydrogen-bond donors (Lipinski definition) is 2. The van der Waals surface area contributed by atoms with Gasteiger partial charge >= 0.3 is 0 Å². The first kappa shape index (κ1) is 22.3. The quantitative estimate of drug-likeness (QED) is 0.586. The zero-order valence-corrected chi connectivity index (χ0v) is 19.4. The van der Waals surface area contributed by atoms with E-state index in [9.17, 15) is 9.90 Å². The van der Waals surface area contributed by atoms with Crippen LogP contribution in [0.5, 0.6) is 0 Å². The Balaban J connectivity index is 1.77. The van der Waals surface area contributed by atoms with Crippen molar-refractivity contribution >= 4 is 17.2 Å². The summed E-state index contributed by atoms with van der Waals surface area (Å²) < 4.78 is 2.02. The molecule has 1 amide bonds. The lowest BCUT2D eigenvalue weighted by atomic mass is 9.85. The van der Waals surface area contributed by atoms with Gasteiger partial charge in [0.1, 0.15) is 22.9 Å². The van der Waals surface area contributed by atoms with Crippen LogP contribution in [-0.4, -0.2) is 43.4 Å². The van der Waals surface area contributed by atoms with Crippen LogP contribution in [-0.2, 0) is 10.4 Å². The van der Waals surface area contributed by atoms with Crippen LogP contribution in [0.25, 0.3) is 16.8 Å². The van der Waals surface area contributed by atoms with E-state index < -0.39 is 5.60 Å². The normalized spacial score (nSPS) is 17.3. The van der Waals surface area contributed by atoms with E-state index in [-0.39, 0.29) is 17.7 Å². The lowest BCUT2D eigenvalue weighted by Gasteiger charge is -2.28. The van der Waals surface area contributed by atoms with Crippen LogP contribution in [0, 0.1) is 5.92 Å². The number of rotatable bonds is 7. The van der Waals surface area contributed by atoms with Crippen LogP contribution in [0.4, 0.5) is 5.82 Å². The molecule has 3 heterocycles. The summed E-state index contributed by atoms with van der Waals surface area (Å²) in [6.07, 6.45) is 6.00. The predicted octanol–water partition coefficient (Wildman–Crippen LogP) is 3.96. The highest BCUT2D eigenvalue weighted by molar-refractivity contribution is 5.85. The molecule has 1 aliphatic heterocycles. The molecule has 7 heteroatoms. The third kappa shape index (κ3) is 3.86. The molecule has 4 rings (SSSR count). The van der Waals surface area contributed by atoms with E-state index in [4.69, 9.17) is 10.7 Å². The molecule has 0 bridgehead atoms. The van der Waals surface area contributed by atoms with Gasteiger partial charge in [-0.25, -0.2) is 9.97 Å². The summed E-state index contributed by atoms with van der Waals surface area (Å²) in [6.45, 7) is 9.44. The molecule has 3 N–H and O–H groups in total. The van der Waals surface area contributed by atoms with Crippen molar-refractivity contribution in [2.45, 2.75) is 58.5 Å². The minimum absolute atomic E-state index is 0.0897. The van der Waals surface area contributed by atoms with Crippen molar-refractivity contribution in [1.29, 1.82) is 0 Å². The maximum absolute atomic E-state index is 12.2. The fourth-order valence-corrected chi connectivity index (χ4v) is 4.43. The molecule has 2 aromatic heterocycles. The van der Waals surface area contributed by atoms with Gasteiger partial charge in [-0.15, -0.1) is 0 Å². The molecule has 1 aromatic carbocycles. The van der Waals surface area contributed by atoms with Crippen LogP contribution in [0.2, 0.25) is 0 Å². The Labute approximate surface area is 189 Å². The number of amides is 1. The topological polar surface area (TPSA) is 96.8 Å². The molecule has 0 aliphatic carbocycles. The fourth-order valence-electron chi connectivity index (χ4n) is 4.43. The Morgan fingerprint density at radius 2 is 1.97 bits per heavy atom. The number of benzene rings is 1. The number of likely N-dealkylation sites (tertiary alicyclic amines) is 1. The van der Waals surface area contributed by atoms with E-state index in [2.05, 4.69) is 11.9 Å². The number of nitrogens with zero attached hydrogens (tertiary/aromatic N) is 4. The van der Waals surface area contributed by atoms with Gasteiger partial charge in [-0.05, 0) is 31.2 Å². The number of carbonyl (C=O) groups is 1. The molecule has 3 aromatic rings. The Bertz CT molecular complexity index is 1120. The van der Waals surface area contributed by atoms with Gasteiger partial charge in [0.15, 0.2) is 0 Å². The molecule has 1 unspecified atom stereocenters. The summed E-state index contributed by atoms with van der Waals surface area (Å²) >= 11 is 0. The average Bonchev–Trinajstić information content (AvgIpc) is 3.36. The summed E-state index contributed by atoms with van der Waals surface area (Å²) in [5.74, 6) is 1.72. The van der Waals surface area contributed by atoms with Gasteiger partial charge in [0, 0.05) is 43.4 Å². The number of aromatic nitrogens is 3.